The predicted molar refractivity (Wildman–Crippen MR) is 80.5 cm³/mol. The van der Waals surface area contributed by atoms with Crippen LogP contribution in [0.5, 0.6) is 0 Å². The molecule has 21 heavy (non-hydrogen) atoms. The maximum absolute atomic E-state index is 12.2. The number of carbonyl (C=O) groups is 2. The largest absolute Gasteiger partial charge is 0.478 e. The third kappa shape index (κ3) is 2.47. The number of carbonyl (C=O) groups excluding carboxylic acids is 1. The van der Waals surface area contributed by atoms with Crippen molar-refractivity contribution in [3.63, 3.8) is 0 Å². The van der Waals surface area contributed by atoms with Crippen molar-refractivity contribution in [3.05, 3.63) is 45.1 Å². The summed E-state index contributed by atoms with van der Waals surface area (Å²) in [6.07, 6.45) is 0. The molecule has 0 aliphatic carbocycles. The van der Waals surface area contributed by atoms with Crippen molar-refractivity contribution >= 4 is 35.2 Å². The van der Waals surface area contributed by atoms with Crippen LogP contribution in [0, 0.1) is 0 Å². The maximum atomic E-state index is 12.2. The van der Waals surface area contributed by atoms with Crippen LogP contribution in [0.1, 0.15) is 18.5 Å². The number of benzene rings is 1. The molecule has 0 unspecified atom stereocenters. The molecule has 1 aliphatic heterocycles. The number of allylic oxidation sites excluding steroid dienone is 1. The van der Waals surface area contributed by atoms with Crippen LogP contribution in [0.15, 0.2) is 29.5 Å². The Kier molecular flexibility index (Phi) is 4.16. The number of carboxylic acids is 1. The van der Waals surface area contributed by atoms with Gasteiger partial charge in [0.2, 0.25) is 0 Å². The summed E-state index contributed by atoms with van der Waals surface area (Å²) in [7, 11) is 3.07. The van der Waals surface area contributed by atoms with Crippen molar-refractivity contribution in [2.75, 3.05) is 14.1 Å². The number of urea groups is 1. The molecule has 1 atom stereocenters. The molecule has 1 aliphatic rings. The Hall–Kier alpha value is -1.72. The van der Waals surface area contributed by atoms with E-state index >= 15 is 0 Å². The minimum Gasteiger partial charge on any atom is -0.478 e. The number of rotatable bonds is 2. The number of hydrogen-bond acceptors (Lipinski definition) is 2. The first-order chi connectivity index (χ1) is 9.77. The van der Waals surface area contributed by atoms with Crippen LogP contribution in [0.2, 0.25) is 10.0 Å². The SMILES string of the molecule is CC1=C(C(=O)O)[C@H](c2cccc(Cl)c2Cl)N(C)C(=O)N1C. The molecule has 2 amide bonds. The quantitative estimate of drug-likeness (QED) is 0.905. The number of nitrogens with zero attached hydrogens (tertiary/aromatic N) is 2. The third-order valence-electron chi connectivity index (χ3n) is 3.65. The molecule has 5 nitrogen and oxygen atoms in total. The fourth-order valence-corrected chi connectivity index (χ4v) is 2.84. The third-order valence-corrected chi connectivity index (χ3v) is 4.48. The van der Waals surface area contributed by atoms with Crippen molar-refractivity contribution < 1.29 is 14.7 Å². The van der Waals surface area contributed by atoms with Crippen molar-refractivity contribution in [3.8, 4) is 0 Å². The number of amides is 2. The standard InChI is InChI=1S/C14H14Cl2N2O3/c1-7-10(13(19)20)12(18(3)14(21)17(7)2)8-5-4-6-9(15)11(8)16/h4-6,12H,1-3H3,(H,19,20)/t12-/m0/s1. The molecule has 112 valence electrons. The zero-order valence-electron chi connectivity index (χ0n) is 11.7. The zero-order valence-corrected chi connectivity index (χ0v) is 13.2. The Morgan fingerprint density at radius 3 is 2.48 bits per heavy atom. The molecule has 1 aromatic rings. The second kappa shape index (κ2) is 5.58. The summed E-state index contributed by atoms with van der Waals surface area (Å²) >= 11 is 12.2. The molecule has 7 heteroatoms. The molecule has 0 saturated heterocycles. The molecule has 0 radical (unpaired) electrons. The predicted octanol–water partition coefficient (Wildman–Crippen LogP) is 3.39. The summed E-state index contributed by atoms with van der Waals surface area (Å²) in [5.41, 5.74) is 0.972. The van der Waals surface area contributed by atoms with E-state index in [2.05, 4.69) is 0 Å². The van der Waals surface area contributed by atoms with Gasteiger partial charge in [-0.1, -0.05) is 35.3 Å². The topological polar surface area (TPSA) is 60.9 Å². The van der Waals surface area contributed by atoms with Crippen molar-refractivity contribution in [2.45, 2.75) is 13.0 Å². The van der Waals surface area contributed by atoms with E-state index in [9.17, 15) is 14.7 Å². The van der Waals surface area contributed by atoms with E-state index in [-0.39, 0.29) is 16.6 Å². The van der Waals surface area contributed by atoms with Crippen LogP contribution in [0.3, 0.4) is 0 Å². The second-order valence-corrected chi connectivity index (χ2v) is 5.59. The summed E-state index contributed by atoms with van der Waals surface area (Å²) < 4.78 is 0. The van der Waals surface area contributed by atoms with E-state index in [4.69, 9.17) is 23.2 Å². The highest BCUT2D eigenvalue weighted by atomic mass is 35.5. The molecule has 1 heterocycles. The van der Waals surface area contributed by atoms with Crippen LogP contribution >= 0.6 is 23.2 Å². The van der Waals surface area contributed by atoms with Crippen LogP contribution in [-0.2, 0) is 4.79 Å². The lowest BCUT2D eigenvalue weighted by Gasteiger charge is -2.39. The molecule has 0 aromatic heterocycles. The summed E-state index contributed by atoms with van der Waals surface area (Å²) in [5.74, 6) is -1.10. The van der Waals surface area contributed by atoms with Crippen LogP contribution in [0.25, 0.3) is 0 Å². The van der Waals surface area contributed by atoms with Gasteiger partial charge in [0.25, 0.3) is 0 Å². The van der Waals surface area contributed by atoms with Crippen LogP contribution in [-0.4, -0.2) is 41.0 Å². The molecule has 0 fully saturated rings. The highest BCUT2D eigenvalue weighted by Crippen LogP contribution is 2.40. The monoisotopic (exact) mass is 328 g/mol. The fraction of sp³-hybridized carbons (Fsp3) is 0.286. The summed E-state index contributed by atoms with van der Waals surface area (Å²) in [6, 6.07) is 3.87. The molecular weight excluding hydrogens is 315 g/mol. The van der Waals surface area contributed by atoms with Crippen LogP contribution < -0.4 is 0 Å². The maximum Gasteiger partial charge on any atom is 0.335 e. The second-order valence-electron chi connectivity index (χ2n) is 4.80. The molecule has 0 spiro atoms. The summed E-state index contributed by atoms with van der Waals surface area (Å²) in [5, 5.41) is 10.1. The first-order valence-corrected chi connectivity index (χ1v) is 6.91. The van der Waals surface area contributed by atoms with Gasteiger partial charge in [0.1, 0.15) is 0 Å². The van der Waals surface area contributed by atoms with Crippen molar-refractivity contribution in [1.82, 2.24) is 9.80 Å². The van der Waals surface area contributed by atoms with E-state index < -0.39 is 12.0 Å². The van der Waals surface area contributed by atoms with Gasteiger partial charge in [0, 0.05) is 19.8 Å². The van der Waals surface area contributed by atoms with Crippen LogP contribution in [0.4, 0.5) is 4.79 Å². The molecular formula is C14H14Cl2N2O3. The number of halogens is 2. The minimum atomic E-state index is -1.10. The Morgan fingerprint density at radius 2 is 1.90 bits per heavy atom. The smallest absolute Gasteiger partial charge is 0.335 e. The Bertz CT molecular complexity index is 658. The Labute approximate surface area is 132 Å². The minimum absolute atomic E-state index is 0.101. The number of aliphatic carboxylic acids is 1. The number of carboxylic acid groups (broad SMARTS) is 1. The molecule has 1 N–H and O–H groups in total. The van der Waals surface area contributed by atoms with Gasteiger partial charge < -0.3 is 14.9 Å². The van der Waals surface area contributed by atoms with Gasteiger partial charge in [0.05, 0.1) is 21.7 Å². The van der Waals surface area contributed by atoms with E-state index in [1.165, 1.54) is 23.9 Å². The van der Waals surface area contributed by atoms with Gasteiger partial charge >= 0.3 is 12.0 Å². The first-order valence-electron chi connectivity index (χ1n) is 6.15. The van der Waals surface area contributed by atoms with Gasteiger partial charge in [-0.15, -0.1) is 0 Å². The Morgan fingerprint density at radius 1 is 1.29 bits per heavy atom. The molecule has 0 saturated carbocycles. The zero-order chi connectivity index (χ0) is 15.9. The van der Waals surface area contributed by atoms with E-state index in [0.29, 0.717) is 16.3 Å². The average Bonchev–Trinajstić information content (AvgIpc) is 2.43. The first kappa shape index (κ1) is 15.7. The van der Waals surface area contributed by atoms with E-state index in [1.807, 2.05) is 0 Å². The molecule has 2 rings (SSSR count). The lowest BCUT2D eigenvalue weighted by atomic mass is 9.93. The highest BCUT2D eigenvalue weighted by molar-refractivity contribution is 6.42. The van der Waals surface area contributed by atoms with E-state index in [0.717, 1.165) is 0 Å². The van der Waals surface area contributed by atoms with Gasteiger partial charge in [0.15, 0.2) is 0 Å². The number of hydrogen-bond donors (Lipinski definition) is 1. The average molecular weight is 329 g/mol. The van der Waals surface area contributed by atoms with Crippen molar-refractivity contribution in [1.29, 1.82) is 0 Å². The Balaban J connectivity index is 2.71. The summed E-state index contributed by atoms with van der Waals surface area (Å²) in [6.45, 7) is 1.60. The lowest BCUT2D eigenvalue weighted by molar-refractivity contribution is -0.133. The van der Waals surface area contributed by atoms with E-state index in [1.54, 1.807) is 25.1 Å². The highest BCUT2D eigenvalue weighted by Gasteiger charge is 2.39. The molecule has 0 bridgehead atoms. The van der Waals surface area contributed by atoms with Gasteiger partial charge in [-0.3, -0.25) is 0 Å². The van der Waals surface area contributed by atoms with Gasteiger partial charge in [-0.2, -0.15) is 0 Å². The summed E-state index contributed by atoms with van der Waals surface area (Å²) in [4.78, 5) is 26.5. The lowest BCUT2D eigenvalue weighted by Crippen LogP contribution is -2.47. The van der Waals surface area contributed by atoms with Gasteiger partial charge in [-0.25, -0.2) is 9.59 Å². The normalized spacial score (nSPS) is 19.3. The van der Waals surface area contributed by atoms with Gasteiger partial charge in [-0.05, 0) is 18.6 Å². The molecule has 1 aromatic carbocycles. The number of likely N-dealkylation sites (N-methyl/N-ethyl adjacent to an activating group) is 1. The van der Waals surface area contributed by atoms with Crippen molar-refractivity contribution in [2.24, 2.45) is 0 Å². The fourth-order valence-electron chi connectivity index (χ4n) is 2.43.